The molecule has 162 valence electrons. The molecule has 4 rings (SSSR count). The molecule has 0 saturated carbocycles. The Kier molecular flexibility index (Phi) is 6.17. The Hall–Kier alpha value is -2.63. The van der Waals surface area contributed by atoms with Crippen LogP contribution in [0.1, 0.15) is 42.0 Å². The minimum Gasteiger partial charge on any atom is -0.507 e. The van der Waals surface area contributed by atoms with Crippen molar-refractivity contribution in [2.75, 3.05) is 18.0 Å². The molecule has 3 aromatic rings. The summed E-state index contributed by atoms with van der Waals surface area (Å²) in [7, 11) is -1.17. The van der Waals surface area contributed by atoms with Crippen molar-refractivity contribution in [3.05, 3.63) is 76.9 Å². The molecule has 0 aromatic heterocycles. The molecular formula is C26H30N2O2S. The summed E-state index contributed by atoms with van der Waals surface area (Å²) in [5.74, 6) is 0.675. The van der Waals surface area contributed by atoms with Gasteiger partial charge in [0.25, 0.3) is 0 Å². The number of hydrogen-bond acceptors (Lipinski definition) is 4. The van der Waals surface area contributed by atoms with Crippen LogP contribution in [-0.2, 0) is 17.3 Å². The molecule has 1 unspecified atom stereocenters. The topological polar surface area (TPSA) is 52.6 Å². The fourth-order valence-electron chi connectivity index (χ4n) is 4.20. The average molecular weight is 435 g/mol. The van der Waals surface area contributed by atoms with E-state index in [9.17, 15) is 9.32 Å². The monoisotopic (exact) mass is 434 g/mol. The van der Waals surface area contributed by atoms with Gasteiger partial charge in [0.05, 0.1) is 32.0 Å². The molecule has 4 nitrogen and oxygen atoms in total. The average Bonchev–Trinajstić information content (AvgIpc) is 2.76. The van der Waals surface area contributed by atoms with Crippen molar-refractivity contribution in [1.29, 1.82) is 0 Å². The van der Waals surface area contributed by atoms with Crippen molar-refractivity contribution in [2.24, 2.45) is 0 Å². The molecule has 5 heteroatoms. The SMILES string of the molecule is Cc1ccc2c(c1C)N(CCNCc1cccc(C(C)C)c1O)c1ccccc1S2=O. The van der Waals surface area contributed by atoms with Gasteiger partial charge in [-0.1, -0.05) is 50.2 Å². The number of nitrogens with one attached hydrogen (secondary N) is 1. The smallest absolute Gasteiger partial charge is 0.123 e. The molecule has 3 aromatic carbocycles. The zero-order valence-corrected chi connectivity index (χ0v) is 19.4. The first kappa shape index (κ1) is 21.6. The van der Waals surface area contributed by atoms with Gasteiger partial charge < -0.3 is 15.3 Å². The zero-order chi connectivity index (χ0) is 22.1. The minimum absolute atomic E-state index is 0.286. The molecule has 0 saturated heterocycles. The van der Waals surface area contributed by atoms with E-state index in [1.165, 1.54) is 11.1 Å². The first-order valence-corrected chi connectivity index (χ1v) is 11.9. The standard InChI is InChI=1S/C26H30N2O2S/c1-17(2)21-9-7-8-20(26(21)29)16-27-14-15-28-22-10-5-6-11-23(22)31(30)24-13-12-18(3)19(4)25(24)28/h5-13,17,27,29H,14-16H2,1-4H3. The van der Waals surface area contributed by atoms with E-state index in [0.29, 0.717) is 12.3 Å². The summed E-state index contributed by atoms with van der Waals surface area (Å²) in [6, 6.07) is 18.0. The molecule has 0 amide bonds. The van der Waals surface area contributed by atoms with Crippen molar-refractivity contribution in [3.63, 3.8) is 0 Å². The molecular weight excluding hydrogens is 404 g/mol. The molecule has 1 aliphatic rings. The number of aryl methyl sites for hydroxylation is 1. The molecule has 1 aliphatic heterocycles. The van der Waals surface area contributed by atoms with E-state index in [1.54, 1.807) is 0 Å². The van der Waals surface area contributed by atoms with Crippen LogP contribution in [0.5, 0.6) is 5.75 Å². The second-order valence-electron chi connectivity index (χ2n) is 8.43. The van der Waals surface area contributed by atoms with Crippen molar-refractivity contribution in [2.45, 2.75) is 49.9 Å². The summed E-state index contributed by atoms with van der Waals surface area (Å²) < 4.78 is 13.2. The lowest BCUT2D eigenvalue weighted by atomic mass is 9.99. The van der Waals surface area contributed by atoms with Gasteiger partial charge in [-0.25, -0.2) is 4.21 Å². The third-order valence-corrected chi connectivity index (χ3v) is 7.56. The lowest BCUT2D eigenvalue weighted by molar-refractivity contribution is 0.454. The first-order valence-electron chi connectivity index (χ1n) is 10.8. The number of rotatable bonds is 6. The Bertz CT molecular complexity index is 1140. The molecule has 0 spiro atoms. The lowest BCUT2D eigenvalue weighted by Gasteiger charge is -2.34. The highest BCUT2D eigenvalue weighted by atomic mass is 32.2. The Morgan fingerprint density at radius 1 is 1.00 bits per heavy atom. The van der Waals surface area contributed by atoms with Crippen LogP contribution in [0.2, 0.25) is 0 Å². The number of benzene rings is 3. The number of hydrogen-bond donors (Lipinski definition) is 2. The van der Waals surface area contributed by atoms with Crippen molar-refractivity contribution >= 4 is 22.2 Å². The summed E-state index contributed by atoms with van der Waals surface area (Å²) in [4.78, 5) is 4.02. The summed E-state index contributed by atoms with van der Waals surface area (Å²) in [5, 5.41) is 14.1. The largest absolute Gasteiger partial charge is 0.507 e. The van der Waals surface area contributed by atoms with Crippen LogP contribution in [0.3, 0.4) is 0 Å². The van der Waals surface area contributed by atoms with E-state index in [2.05, 4.69) is 50.0 Å². The molecule has 0 aliphatic carbocycles. The van der Waals surface area contributed by atoms with E-state index < -0.39 is 10.8 Å². The highest BCUT2D eigenvalue weighted by molar-refractivity contribution is 7.85. The summed E-state index contributed by atoms with van der Waals surface area (Å²) in [6.07, 6.45) is 0. The Morgan fingerprint density at radius 2 is 1.77 bits per heavy atom. The third-order valence-electron chi connectivity index (χ3n) is 6.09. The van der Waals surface area contributed by atoms with Crippen LogP contribution in [0.4, 0.5) is 11.4 Å². The molecule has 0 radical (unpaired) electrons. The van der Waals surface area contributed by atoms with E-state index >= 15 is 0 Å². The van der Waals surface area contributed by atoms with Crippen LogP contribution in [-0.4, -0.2) is 22.4 Å². The van der Waals surface area contributed by atoms with Crippen LogP contribution in [0.15, 0.2) is 64.4 Å². The molecule has 2 N–H and O–H groups in total. The summed E-state index contributed by atoms with van der Waals surface area (Å²) in [5.41, 5.74) is 6.33. The van der Waals surface area contributed by atoms with E-state index in [0.717, 1.165) is 45.4 Å². The van der Waals surface area contributed by atoms with Gasteiger partial charge in [-0.15, -0.1) is 0 Å². The number of para-hydroxylation sites is 2. The predicted molar refractivity (Wildman–Crippen MR) is 128 cm³/mol. The number of nitrogens with zero attached hydrogens (tertiary/aromatic N) is 1. The van der Waals surface area contributed by atoms with Crippen molar-refractivity contribution < 1.29 is 9.32 Å². The number of phenols is 1. The van der Waals surface area contributed by atoms with Gasteiger partial charge >= 0.3 is 0 Å². The van der Waals surface area contributed by atoms with Gasteiger partial charge in [-0.05, 0) is 54.7 Å². The van der Waals surface area contributed by atoms with Crippen LogP contribution in [0, 0.1) is 13.8 Å². The number of anilines is 2. The maximum atomic E-state index is 13.2. The number of fused-ring (bicyclic) bond motifs is 2. The maximum Gasteiger partial charge on any atom is 0.123 e. The minimum atomic E-state index is -1.17. The van der Waals surface area contributed by atoms with Crippen LogP contribution >= 0.6 is 0 Å². The third kappa shape index (κ3) is 4.00. The Morgan fingerprint density at radius 3 is 2.55 bits per heavy atom. The lowest BCUT2D eigenvalue weighted by Crippen LogP contribution is -2.32. The van der Waals surface area contributed by atoms with Gasteiger partial charge in [-0.2, -0.15) is 0 Å². The van der Waals surface area contributed by atoms with Crippen LogP contribution < -0.4 is 10.2 Å². The number of phenolic OH excluding ortho intramolecular Hbond substituents is 1. The first-order chi connectivity index (χ1) is 14.9. The second-order valence-corrected chi connectivity index (χ2v) is 9.85. The summed E-state index contributed by atoms with van der Waals surface area (Å²) in [6.45, 7) is 10.5. The second kappa shape index (κ2) is 8.85. The fraction of sp³-hybridized carbons (Fsp3) is 0.308. The van der Waals surface area contributed by atoms with Crippen molar-refractivity contribution in [3.8, 4) is 5.75 Å². The van der Waals surface area contributed by atoms with E-state index in [4.69, 9.17) is 0 Å². The normalized spacial score (nSPS) is 15.1. The number of aromatic hydroxyl groups is 1. The molecule has 1 atom stereocenters. The van der Waals surface area contributed by atoms with Gasteiger partial charge in [0.15, 0.2) is 0 Å². The fourth-order valence-corrected chi connectivity index (χ4v) is 5.64. The highest BCUT2D eigenvalue weighted by Crippen LogP contribution is 2.44. The van der Waals surface area contributed by atoms with Crippen molar-refractivity contribution in [1.82, 2.24) is 5.32 Å². The zero-order valence-electron chi connectivity index (χ0n) is 18.6. The quantitative estimate of drug-likeness (QED) is 0.500. The predicted octanol–water partition coefficient (Wildman–Crippen LogP) is 5.54. The van der Waals surface area contributed by atoms with Crippen LogP contribution in [0.25, 0.3) is 0 Å². The Balaban J connectivity index is 1.56. The van der Waals surface area contributed by atoms with Gasteiger partial charge in [-0.3, -0.25) is 0 Å². The van der Waals surface area contributed by atoms with Gasteiger partial charge in [0.2, 0.25) is 0 Å². The highest BCUT2D eigenvalue weighted by Gasteiger charge is 2.29. The Labute approximate surface area is 187 Å². The van der Waals surface area contributed by atoms with E-state index in [-0.39, 0.29) is 5.92 Å². The molecule has 0 bridgehead atoms. The molecule has 31 heavy (non-hydrogen) atoms. The van der Waals surface area contributed by atoms with Gasteiger partial charge in [0.1, 0.15) is 5.75 Å². The molecule has 1 heterocycles. The van der Waals surface area contributed by atoms with E-state index in [1.807, 2.05) is 42.5 Å². The summed E-state index contributed by atoms with van der Waals surface area (Å²) >= 11 is 0. The van der Waals surface area contributed by atoms with Gasteiger partial charge in [0, 0.05) is 25.2 Å². The molecule has 0 fully saturated rings. The maximum absolute atomic E-state index is 13.2.